The van der Waals surface area contributed by atoms with E-state index in [9.17, 15) is 4.79 Å². The minimum Gasteiger partial charge on any atom is -0.396 e. The normalized spacial score (nSPS) is 8.25. The molecule has 4 N–H and O–H groups in total. The van der Waals surface area contributed by atoms with Gasteiger partial charge in [-0.25, -0.2) is 0 Å². The largest absolute Gasteiger partial charge is 0.396 e. The Morgan fingerprint density at radius 3 is 2.00 bits per heavy atom. The van der Waals surface area contributed by atoms with Gasteiger partial charge in [0, 0.05) is 12.2 Å². The molecule has 0 aliphatic carbocycles. The third kappa shape index (κ3) is 11.9. The summed E-state index contributed by atoms with van der Waals surface area (Å²) < 4.78 is 0. The van der Waals surface area contributed by atoms with E-state index in [0.29, 0.717) is 6.61 Å². The number of hydrogen-bond donors (Lipinski definition) is 3. The van der Waals surface area contributed by atoms with Crippen LogP contribution in [0.5, 0.6) is 0 Å². The lowest BCUT2D eigenvalue weighted by atomic mass is 10.3. The minimum absolute atomic E-state index is 0.0417. The molecule has 0 aromatic rings. The Labute approximate surface area is 72.7 Å². The van der Waals surface area contributed by atoms with Crippen LogP contribution >= 0.6 is 0 Å². The molecule has 0 heterocycles. The summed E-state index contributed by atoms with van der Waals surface area (Å²) in [6.07, 6.45) is 2.04. The molecule has 0 unspecified atom stereocenters. The molecule has 0 atom stereocenters. The summed E-state index contributed by atoms with van der Waals surface area (Å²) in [6.45, 7) is 5.19. The molecule has 12 heavy (non-hydrogen) atoms. The first-order valence-electron chi connectivity index (χ1n) is 3.79. The lowest BCUT2D eigenvalue weighted by Gasteiger charge is -1.88. The first-order chi connectivity index (χ1) is 5.59. The molecule has 72 valence electrons. The highest BCUT2D eigenvalue weighted by Crippen LogP contribution is 1.80. The van der Waals surface area contributed by atoms with Gasteiger partial charge in [-0.15, -0.1) is 0 Å². The van der Waals surface area contributed by atoms with Crippen LogP contribution < -0.4 is 5.73 Å². The standard InChI is InChI=1S/C4H7NO2.C4H10O/c1-3(2-6)4(5)7;1-2-3-4-5/h6H,1-2H2,(H2,5,7);5H,2-4H2,1H3. The first-order valence-corrected chi connectivity index (χ1v) is 3.79. The second-order valence-corrected chi connectivity index (χ2v) is 2.20. The average molecular weight is 175 g/mol. The van der Waals surface area contributed by atoms with Crippen LogP contribution in [0.25, 0.3) is 0 Å². The minimum atomic E-state index is -0.650. The van der Waals surface area contributed by atoms with Crippen LogP contribution in [0.2, 0.25) is 0 Å². The average Bonchev–Trinajstić information content (AvgIpc) is 2.05. The Morgan fingerprint density at radius 2 is 2.00 bits per heavy atom. The molecule has 0 aromatic heterocycles. The molecular weight excluding hydrogens is 158 g/mol. The molecule has 0 fully saturated rings. The third-order valence-electron chi connectivity index (χ3n) is 1.05. The number of aliphatic hydroxyl groups is 2. The van der Waals surface area contributed by atoms with Crippen molar-refractivity contribution in [1.82, 2.24) is 0 Å². The zero-order valence-corrected chi connectivity index (χ0v) is 7.42. The molecule has 0 aliphatic heterocycles. The van der Waals surface area contributed by atoms with Crippen molar-refractivity contribution in [2.24, 2.45) is 5.73 Å². The number of carbonyl (C=O) groups excluding carboxylic acids is 1. The van der Waals surface area contributed by atoms with Crippen LogP contribution in [0.4, 0.5) is 0 Å². The maximum Gasteiger partial charge on any atom is 0.246 e. The van der Waals surface area contributed by atoms with Gasteiger partial charge in [0.2, 0.25) is 5.91 Å². The second-order valence-electron chi connectivity index (χ2n) is 2.20. The number of aliphatic hydroxyl groups excluding tert-OH is 2. The summed E-state index contributed by atoms with van der Waals surface area (Å²) in [5.41, 5.74) is 4.69. The highest BCUT2D eigenvalue weighted by molar-refractivity contribution is 5.91. The molecule has 0 saturated heterocycles. The van der Waals surface area contributed by atoms with Gasteiger partial charge in [0.05, 0.1) is 6.61 Å². The van der Waals surface area contributed by atoms with Gasteiger partial charge >= 0.3 is 0 Å². The van der Waals surface area contributed by atoms with Gasteiger partial charge < -0.3 is 15.9 Å². The fourth-order valence-corrected chi connectivity index (χ4v) is 0.236. The van der Waals surface area contributed by atoms with Crippen LogP contribution in [0.15, 0.2) is 12.2 Å². The van der Waals surface area contributed by atoms with E-state index in [-0.39, 0.29) is 12.2 Å². The second kappa shape index (κ2) is 10.1. The number of nitrogens with two attached hydrogens (primary N) is 1. The molecule has 0 rings (SSSR count). The number of carbonyl (C=O) groups is 1. The molecule has 1 amide bonds. The lowest BCUT2D eigenvalue weighted by molar-refractivity contribution is -0.114. The smallest absolute Gasteiger partial charge is 0.246 e. The molecule has 0 aliphatic rings. The number of unbranched alkanes of at least 4 members (excludes halogenated alkanes) is 1. The Hall–Kier alpha value is -0.870. The summed E-state index contributed by atoms with van der Waals surface area (Å²) in [4.78, 5) is 9.89. The zero-order valence-electron chi connectivity index (χ0n) is 7.42. The van der Waals surface area contributed by atoms with Gasteiger partial charge in [-0.2, -0.15) is 0 Å². The SMILES string of the molecule is C=C(CO)C(N)=O.CCCCO. The van der Waals surface area contributed by atoms with Crippen molar-refractivity contribution in [1.29, 1.82) is 0 Å². The van der Waals surface area contributed by atoms with E-state index < -0.39 is 5.91 Å². The van der Waals surface area contributed by atoms with Crippen molar-refractivity contribution in [2.75, 3.05) is 13.2 Å². The molecule has 4 heteroatoms. The van der Waals surface area contributed by atoms with E-state index >= 15 is 0 Å². The van der Waals surface area contributed by atoms with Gasteiger partial charge in [0.1, 0.15) is 0 Å². The van der Waals surface area contributed by atoms with Gasteiger partial charge in [0.15, 0.2) is 0 Å². The van der Waals surface area contributed by atoms with E-state index in [0.717, 1.165) is 12.8 Å². The summed E-state index contributed by atoms with van der Waals surface area (Å²) in [5, 5.41) is 16.2. The van der Waals surface area contributed by atoms with E-state index in [1.807, 2.05) is 0 Å². The molecule has 0 spiro atoms. The zero-order chi connectivity index (χ0) is 9.98. The van der Waals surface area contributed by atoms with E-state index in [4.69, 9.17) is 10.2 Å². The lowest BCUT2D eigenvalue weighted by Crippen LogP contribution is -2.14. The van der Waals surface area contributed by atoms with Crippen molar-refractivity contribution < 1.29 is 15.0 Å². The van der Waals surface area contributed by atoms with Crippen LogP contribution in [0.1, 0.15) is 19.8 Å². The summed E-state index contributed by atoms with van der Waals surface area (Å²) >= 11 is 0. The van der Waals surface area contributed by atoms with Gasteiger partial charge in [-0.3, -0.25) is 4.79 Å². The Morgan fingerprint density at radius 1 is 1.50 bits per heavy atom. The number of hydrogen-bond acceptors (Lipinski definition) is 3. The van der Waals surface area contributed by atoms with Crippen molar-refractivity contribution >= 4 is 5.91 Å². The summed E-state index contributed by atoms with van der Waals surface area (Å²) in [6, 6.07) is 0. The van der Waals surface area contributed by atoms with Crippen molar-refractivity contribution in [2.45, 2.75) is 19.8 Å². The van der Waals surface area contributed by atoms with Gasteiger partial charge in [-0.05, 0) is 6.42 Å². The maximum atomic E-state index is 9.89. The highest BCUT2D eigenvalue weighted by atomic mass is 16.3. The monoisotopic (exact) mass is 175 g/mol. The Kier molecular flexibility index (Phi) is 11.6. The highest BCUT2D eigenvalue weighted by Gasteiger charge is 1.94. The third-order valence-corrected chi connectivity index (χ3v) is 1.05. The van der Waals surface area contributed by atoms with Crippen LogP contribution in [0, 0.1) is 0 Å². The molecule has 0 bridgehead atoms. The van der Waals surface area contributed by atoms with Gasteiger partial charge in [-0.1, -0.05) is 19.9 Å². The topological polar surface area (TPSA) is 83.5 Å². The number of rotatable bonds is 4. The van der Waals surface area contributed by atoms with Crippen LogP contribution in [0.3, 0.4) is 0 Å². The molecule has 0 aromatic carbocycles. The molecular formula is C8H17NO3. The Bertz CT molecular complexity index is 132. The summed E-state index contributed by atoms with van der Waals surface area (Å²) in [7, 11) is 0. The molecule has 0 radical (unpaired) electrons. The van der Waals surface area contributed by atoms with E-state index in [1.54, 1.807) is 0 Å². The summed E-state index contributed by atoms with van der Waals surface area (Å²) in [5.74, 6) is -0.650. The quantitative estimate of drug-likeness (QED) is 0.517. The van der Waals surface area contributed by atoms with E-state index in [1.165, 1.54) is 0 Å². The van der Waals surface area contributed by atoms with E-state index in [2.05, 4.69) is 19.2 Å². The number of amides is 1. The maximum absolute atomic E-state index is 9.89. The predicted molar refractivity (Wildman–Crippen MR) is 47.4 cm³/mol. The molecule has 4 nitrogen and oxygen atoms in total. The van der Waals surface area contributed by atoms with Crippen molar-refractivity contribution in [3.8, 4) is 0 Å². The fraction of sp³-hybridized carbons (Fsp3) is 0.625. The van der Waals surface area contributed by atoms with Crippen LogP contribution in [-0.4, -0.2) is 29.3 Å². The van der Waals surface area contributed by atoms with Crippen molar-refractivity contribution in [3.63, 3.8) is 0 Å². The first kappa shape index (κ1) is 13.7. The van der Waals surface area contributed by atoms with Crippen LogP contribution in [-0.2, 0) is 4.79 Å². The molecule has 0 saturated carbocycles. The Balaban J connectivity index is 0. The fourth-order valence-electron chi connectivity index (χ4n) is 0.236. The van der Waals surface area contributed by atoms with Gasteiger partial charge in [0.25, 0.3) is 0 Å². The van der Waals surface area contributed by atoms with Crippen molar-refractivity contribution in [3.05, 3.63) is 12.2 Å². The number of primary amides is 1. The predicted octanol–water partition coefficient (Wildman–Crippen LogP) is -0.201.